The summed E-state index contributed by atoms with van der Waals surface area (Å²) in [7, 11) is 1.66. The van der Waals surface area contributed by atoms with Gasteiger partial charge in [0.2, 0.25) is 0 Å². The summed E-state index contributed by atoms with van der Waals surface area (Å²) in [4.78, 5) is 12.3. The maximum Gasteiger partial charge on any atom is 0.260 e. The van der Waals surface area contributed by atoms with Crippen LogP contribution in [0.4, 0.5) is 0 Å². The molecule has 0 aromatic heterocycles. The van der Waals surface area contributed by atoms with E-state index in [2.05, 4.69) is 17.4 Å². The van der Waals surface area contributed by atoms with Gasteiger partial charge in [0.1, 0.15) is 11.5 Å². The molecule has 3 aromatic rings. The second-order valence-electron chi connectivity index (χ2n) is 6.52. The van der Waals surface area contributed by atoms with Crippen molar-refractivity contribution in [3.05, 3.63) is 72.3 Å². The van der Waals surface area contributed by atoms with Crippen molar-refractivity contribution in [2.24, 2.45) is 0 Å². The quantitative estimate of drug-likeness (QED) is 0.605. The van der Waals surface area contributed by atoms with Crippen LogP contribution in [0.5, 0.6) is 11.5 Å². The van der Waals surface area contributed by atoms with Crippen molar-refractivity contribution in [2.75, 3.05) is 13.7 Å². The Morgan fingerprint density at radius 1 is 0.963 bits per heavy atom. The highest BCUT2D eigenvalue weighted by molar-refractivity contribution is 5.84. The summed E-state index contributed by atoms with van der Waals surface area (Å²) < 4.78 is 11.0. The van der Waals surface area contributed by atoms with E-state index in [0.29, 0.717) is 12.3 Å². The van der Waals surface area contributed by atoms with Gasteiger partial charge in [0.15, 0.2) is 6.10 Å². The van der Waals surface area contributed by atoms with E-state index >= 15 is 0 Å². The summed E-state index contributed by atoms with van der Waals surface area (Å²) in [5.41, 5.74) is 1.20. The second-order valence-corrected chi connectivity index (χ2v) is 6.52. The molecule has 0 heterocycles. The molecule has 0 unspecified atom stereocenters. The second kappa shape index (κ2) is 9.08. The van der Waals surface area contributed by atoms with Gasteiger partial charge in [-0.25, -0.2) is 0 Å². The molecule has 0 radical (unpaired) electrons. The van der Waals surface area contributed by atoms with E-state index in [0.717, 1.165) is 29.4 Å². The molecule has 27 heavy (non-hydrogen) atoms. The number of hydrogen-bond donors (Lipinski definition) is 1. The molecule has 0 bridgehead atoms. The number of nitrogens with one attached hydrogen (secondary N) is 1. The molecule has 0 aliphatic carbocycles. The molecule has 3 aromatic carbocycles. The zero-order valence-electron chi connectivity index (χ0n) is 15.8. The number of aryl methyl sites for hydroxylation is 1. The van der Waals surface area contributed by atoms with Crippen LogP contribution in [0.25, 0.3) is 10.8 Å². The van der Waals surface area contributed by atoms with E-state index in [1.165, 1.54) is 5.56 Å². The summed E-state index contributed by atoms with van der Waals surface area (Å²) in [6.07, 6.45) is 1.21. The summed E-state index contributed by atoms with van der Waals surface area (Å²) >= 11 is 0. The fourth-order valence-corrected chi connectivity index (χ4v) is 2.97. The Bertz CT molecular complexity index is 907. The van der Waals surface area contributed by atoms with Crippen molar-refractivity contribution in [1.82, 2.24) is 5.32 Å². The Labute approximate surface area is 160 Å². The van der Waals surface area contributed by atoms with Gasteiger partial charge in [0.05, 0.1) is 7.11 Å². The number of hydrogen-bond acceptors (Lipinski definition) is 3. The van der Waals surface area contributed by atoms with Gasteiger partial charge in [0.25, 0.3) is 5.91 Å². The summed E-state index contributed by atoms with van der Waals surface area (Å²) in [5.74, 6) is 1.45. The third kappa shape index (κ3) is 5.23. The van der Waals surface area contributed by atoms with Gasteiger partial charge < -0.3 is 14.8 Å². The van der Waals surface area contributed by atoms with E-state index in [4.69, 9.17) is 9.47 Å². The molecule has 0 saturated carbocycles. The average molecular weight is 363 g/mol. The van der Waals surface area contributed by atoms with Gasteiger partial charge >= 0.3 is 0 Å². The summed E-state index contributed by atoms with van der Waals surface area (Å²) in [6.45, 7) is 2.38. The third-order valence-electron chi connectivity index (χ3n) is 4.48. The molecular weight excluding hydrogens is 338 g/mol. The van der Waals surface area contributed by atoms with Crippen LogP contribution >= 0.6 is 0 Å². The van der Waals surface area contributed by atoms with E-state index in [9.17, 15) is 4.79 Å². The number of amides is 1. The van der Waals surface area contributed by atoms with Gasteiger partial charge in [-0.05, 0) is 60.4 Å². The first kappa shape index (κ1) is 18.8. The predicted molar refractivity (Wildman–Crippen MR) is 108 cm³/mol. The van der Waals surface area contributed by atoms with Crippen LogP contribution in [-0.2, 0) is 11.2 Å². The molecule has 0 aliphatic heterocycles. The lowest BCUT2D eigenvalue weighted by Crippen LogP contribution is -2.36. The molecule has 0 fully saturated rings. The average Bonchev–Trinajstić information content (AvgIpc) is 2.71. The lowest BCUT2D eigenvalue weighted by Gasteiger charge is -2.15. The molecule has 0 spiro atoms. The fourth-order valence-electron chi connectivity index (χ4n) is 2.97. The van der Waals surface area contributed by atoms with Crippen molar-refractivity contribution in [3.63, 3.8) is 0 Å². The van der Waals surface area contributed by atoms with E-state index in [1.807, 2.05) is 54.6 Å². The van der Waals surface area contributed by atoms with Gasteiger partial charge in [-0.1, -0.05) is 42.5 Å². The molecule has 4 heteroatoms. The molecule has 0 aliphatic rings. The highest BCUT2D eigenvalue weighted by Gasteiger charge is 2.14. The first-order chi connectivity index (χ1) is 13.2. The Hall–Kier alpha value is -3.01. The Morgan fingerprint density at radius 3 is 2.59 bits per heavy atom. The van der Waals surface area contributed by atoms with Crippen molar-refractivity contribution in [3.8, 4) is 11.5 Å². The number of ether oxygens (including phenoxy) is 2. The summed E-state index contributed by atoms with van der Waals surface area (Å²) in [5, 5.41) is 5.19. The smallest absolute Gasteiger partial charge is 0.260 e. The predicted octanol–water partition coefficient (Wildman–Crippen LogP) is 4.36. The monoisotopic (exact) mass is 363 g/mol. The number of carbonyl (C=O) groups is 1. The number of carbonyl (C=O) groups excluding carboxylic acids is 1. The Kier molecular flexibility index (Phi) is 6.31. The van der Waals surface area contributed by atoms with Crippen LogP contribution in [0.3, 0.4) is 0 Å². The Morgan fingerprint density at radius 2 is 1.78 bits per heavy atom. The number of benzene rings is 3. The Balaban J connectivity index is 1.45. The van der Waals surface area contributed by atoms with E-state index in [1.54, 1.807) is 14.0 Å². The van der Waals surface area contributed by atoms with Crippen LogP contribution < -0.4 is 14.8 Å². The van der Waals surface area contributed by atoms with Crippen LogP contribution in [0.1, 0.15) is 18.9 Å². The van der Waals surface area contributed by atoms with E-state index < -0.39 is 6.10 Å². The molecular formula is C23H25NO3. The molecule has 4 nitrogen and oxygen atoms in total. The SMILES string of the molecule is COc1cccc(CCCNC(=O)[C@H](C)Oc2ccc3ccccc3c2)c1. The van der Waals surface area contributed by atoms with Crippen molar-refractivity contribution >= 4 is 16.7 Å². The maximum absolute atomic E-state index is 12.3. The number of methoxy groups -OCH3 is 1. The number of rotatable bonds is 8. The maximum atomic E-state index is 12.3. The minimum absolute atomic E-state index is 0.103. The lowest BCUT2D eigenvalue weighted by atomic mass is 10.1. The van der Waals surface area contributed by atoms with Gasteiger partial charge in [-0.3, -0.25) is 4.79 Å². The third-order valence-corrected chi connectivity index (χ3v) is 4.48. The minimum atomic E-state index is -0.539. The highest BCUT2D eigenvalue weighted by Crippen LogP contribution is 2.21. The lowest BCUT2D eigenvalue weighted by molar-refractivity contribution is -0.127. The number of fused-ring (bicyclic) bond motifs is 1. The molecule has 1 amide bonds. The standard InChI is InChI=1S/C23H25NO3/c1-17(27-22-13-12-19-9-3-4-10-20(19)16-22)23(25)24-14-6-8-18-7-5-11-21(15-18)26-2/h3-5,7,9-13,15-17H,6,8,14H2,1-2H3,(H,24,25)/t17-/m0/s1. The topological polar surface area (TPSA) is 47.6 Å². The van der Waals surface area contributed by atoms with Crippen LogP contribution in [0, 0.1) is 0 Å². The van der Waals surface area contributed by atoms with Crippen LogP contribution in [0.15, 0.2) is 66.7 Å². The summed E-state index contributed by atoms with van der Waals surface area (Å²) in [6, 6.07) is 21.9. The highest BCUT2D eigenvalue weighted by atomic mass is 16.5. The molecule has 0 saturated heterocycles. The van der Waals surface area contributed by atoms with Crippen molar-refractivity contribution in [2.45, 2.75) is 25.9 Å². The zero-order valence-corrected chi connectivity index (χ0v) is 15.8. The van der Waals surface area contributed by atoms with Gasteiger partial charge in [-0.15, -0.1) is 0 Å². The van der Waals surface area contributed by atoms with Crippen molar-refractivity contribution in [1.29, 1.82) is 0 Å². The first-order valence-corrected chi connectivity index (χ1v) is 9.22. The van der Waals surface area contributed by atoms with Gasteiger partial charge in [0, 0.05) is 6.54 Å². The minimum Gasteiger partial charge on any atom is -0.497 e. The van der Waals surface area contributed by atoms with Gasteiger partial charge in [-0.2, -0.15) is 0 Å². The molecule has 1 atom stereocenters. The first-order valence-electron chi connectivity index (χ1n) is 9.22. The van der Waals surface area contributed by atoms with Crippen LogP contribution in [0.2, 0.25) is 0 Å². The molecule has 3 rings (SSSR count). The fraction of sp³-hybridized carbons (Fsp3) is 0.261. The van der Waals surface area contributed by atoms with E-state index in [-0.39, 0.29) is 5.91 Å². The zero-order chi connectivity index (χ0) is 19.1. The van der Waals surface area contributed by atoms with Crippen LogP contribution in [-0.4, -0.2) is 25.7 Å². The normalized spacial score (nSPS) is 11.8. The molecule has 1 N–H and O–H groups in total. The molecule has 140 valence electrons. The van der Waals surface area contributed by atoms with Crippen molar-refractivity contribution < 1.29 is 14.3 Å². The largest absolute Gasteiger partial charge is 0.497 e.